The molecule has 0 N–H and O–H groups in total. The van der Waals surface area contributed by atoms with Crippen LogP contribution in [0, 0.1) is 0 Å². The standard InChI is InChI=1S/C36H23NO2S/c38-40(39,25-11-2-1-3-12-25)35-20-10-19-34(37-35)24-21-22-29-28-15-6-9-18-32(28)36(33(29)23-24)30-16-7-4-13-26(30)27-14-5-8-17-31(27)36/h1-23H. The molecule has 190 valence electrons. The highest BCUT2D eigenvalue weighted by atomic mass is 32.2. The Kier molecular flexibility index (Phi) is 4.82. The number of hydrogen-bond acceptors (Lipinski definition) is 3. The minimum atomic E-state index is -3.74. The monoisotopic (exact) mass is 533 g/mol. The molecule has 1 heterocycles. The lowest BCUT2D eigenvalue weighted by Crippen LogP contribution is -2.25. The van der Waals surface area contributed by atoms with E-state index in [-0.39, 0.29) is 9.92 Å². The van der Waals surface area contributed by atoms with Crippen LogP contribution in [0.3, 0.4) is 0 Å². The Morgan fingerprint density at radius 2 is 1.00 bits per heavy atom. The van der Waals surface area contributed by atoms with Crippen molar-refractivity contribution in [3.63, 3.8) is 0 Å². The molecule has 0 aliphatic heterocycles. The van der Waals surface area contributed by atoms with Crippen LogP contribution in [0.2, 0.25) is 0 Å². The summed E-state index contributed by atoms with van der Waals surface area (Å²) in [6.45, 7) is 0. The third-order valence-corrected chi connectivity index (χ3v) is 10.0. The lowest BCUT2D eigenvalue weighted by atomic mass is 9.70. The molecule has 0 radical (unpaired) electrons. The van der Waals surface area contributed by atoms with E-state index in [0.717, 1.165) is 5.56 Å². The van der Waals surface area contributed by atoms with E-state index in [9.17, 15) is 8.42 Å². The summed E-state index contributed by atoms with van der Waals surface area (Å²) in [6.07, 6.45) is 0. The Bertz CT molecular complexity index is 2020. The third kappa shape index (κ3) is 3.00. The number of sulfone groups is 1. The van der Waals surface area contributed by atoms with E-state index >= 15 is 0 Å². The lowest BCUT2D eigenvalue weighted by molar-refractivity contribution is 0.592. The van der Waals surface area contributed by atoms with Crippen molar-refractivity contribution in [1.29, 1.82) is 0 Å². The first-order valence-electron chi connectivity index (χ1n) is 13.3. The zero-order valence-electron chi connectivity index (χ0n) is 21.5. The fourth-order valence-electron chi connectivity index (χ4n) is 6.70. The number of benzene rings is 5. The van der Waals surface area contributed by atoms with Crippen molar-refractivity contribution in [1.82, 2.24) is 4.98 Å². The quantitative estimate of drug-likeness (QED) is 0.232. The maximum atomic E-state index is 13.4. The average Bonchev–Trinajstić information content (AvgIpc) is 3.49. The summed E-state index contributed by atoms with van der Waals surface area (Å²) >= 11 is 0. The second kappa shape index (κ2) is 8.35. The minimum absolute atomic E-state index is 0.0475. The fraction of sp³-hybridized carbons (Fsp3) is 0.0278. The van der Waals surface area contributed by atoms with Gasteiger partial charge in [0, 0.05) is 5.56 Å². The Morgan fingerprint density at radius 3 is 1.60 bits per heavy atom. The van der Waals surface area contributed by atoms with Crippen LogP contribution in [-0.2, 0) is 15.3 Å². The predicted octanol–water partition coefficient (Wildman–Crippen LogP) is 7.92. The van der Waals surface area contributed by atoms with Crippen molar-refractivity contribution < 1.29 is 8.42 Å². The van der Waals surface area contributed by atoms with E-state index in [0.29, 0.717) is 5.69 Å². The number of hydrogen-bond donors (Lipinski definition) is 0. The smallest absolute Gasteiger partial charge is 0.223 e. The van der Waals surface area contributed by atoms with Crippen molar-refractivity contribution in [2.45, 2.75) is 15.3 Å². The van der Waals surface area contributed by atoms with Crippen LogP contribution in [0.5, 0.6) is 0 Å². The Balaban J connectivity index is 1.37. The molecule has 2 aliphatic rings. The van der Waals surface area contributed by atoms with Gasteiger partial charge in [0.05, 0.1) is 16.0 Å². The summed E-state index contributed by atoms with van der Waals surface area (Å²) < 4.78 is 26.7. The van der Waals surface area contributed by atoms with Gasteiger partial charge in [0.15, 0.2) is 5.03 Å². The average molecular weight is 534 g/mol. The first-order chi connectivity index (χ1) is 19.6. The first kappa shape index (κ1) is 23.1. The van der Waals surface area contributed by atoms with Gasteiger partial charge in [-0.2, -0.15) is 0 Å². The molecule has 40 heavy (non-hydrogen) atoms. The first-order valence-corrected chi connectivity index (χ1v) is 14.8. The van der Waals surface area contributed by atoms with Crippen LogP contribution in [-0.4, -0.2) is 13.4 Å². The van der Waals surface area contributed by atoms with E-state index in [1.165, 1.54) is 44.5 Å². The van der Waals surface area contributed by atoms with Gasteiger partial charge in [0.1, 0.15) is 0 Å². The molecule has 5 aromatic carbocycles. The molecule has 8 rings (SSSR count). The van der Waals surface area contributed by atoms with Crippen LogP contribution in [0.15, 0.2) is 149 Å². The topological polar surface area (TPSA) is 47.0 Å². The zero-order valence-corrected chi connectivity index (χ0v) is 22.3. The summed E-state index contributed by atoms with van der Waals surface area (Å²) in [5.74, 6) is 0. The van der Waals surface area contributed by atoms with Gasteiger partial charge in [-0.1, -0.05) is 109 Å². The van der Waals surface area contributed by atoms with Gasteiger partial charge in [-0.3, -0.25) is 0 Å². The molecule has 0 saturated carbocycles. The molecular weight excluding hydrogens is 510 g/mol. The second-order valence-electron chi connectivity index (χ2n) is 10.3. The highest BCUT2D eigenvalue weighted by molar-refractivity contribution is 7.91. The van der Waals surface area contributed by atoms with Crippen LogP contribution in [0.25, 0.3) is 33.5 Å². The number of fused-ring (bicyclic) bond motifs is 10. The summed E-state index contributed by atoms with van der Waals surface area (Å²) in [5.41, 5.74) is 11.0. The minimum Gasteiger partial charge on any atom is -0.236 e. The number of pyridine rings is 1. The number of nitrogens with zero attached hydrogens (tertiary/aromatic N) is 1. The van der Waals surface area contributed by atoms with E-state index in [4.69, 9.17) is 0 Å². The van der Waals surface area contributed by atoms with Crippen LogP contribution in [0.4, 0.5) is 0 Å². The van der Waals surface area contributed by atoms with Gasteiger partial charge in [-0.25, -0.2) is 13.4 Å². The Labute approximate surface area is 233 Å². The molecule has 6 aromatic rings. The van der Waals surface area contributed by atoms with Gasteiger partial charge in [0.25, 0.3) is 0 Å². The molecule has 0 fully saturated rings. The number of aromatic nitrogens is 1. The summed E-state index contributed by atoms with van der Waals surface area (Å²) in [4.78, 5) is 4.92. The molecule has 3 nitrogen and oxygen atoms in total. The highest BCUT2D eigenvalue weighted by Crippen LogP contribution is 2.62. The van der Waals surface area contributed by atoms with Gasteiger partial charge < -0.3 is 0 Å². The molecule has 2 aliphatic carbocycles. The van der Waals surface area contributed by atoms with Gasteiger partial charge in [0.2, 0.25) is 9.84 Å². The second-order valence-corrected chi connectivity index (χ2v) is 12.2. The molecule has 0 bridgehead atoms. The number of rotatable bonds is 3. The Hall–Kier alpha value is -4.80. The molecule has 1 aromatic heterocycles. The summed E-state index contributed by atoms with van der Waals surface area (Å²) in [5, 5.41) is 0.0475. The predicted molar refractivity (Wildman–Crippen MR) is 158 cm³/mol. The van der Waals surface area contributed by atoms with Crippen molar-refractivity contribution in [2.24, 2.45) is 0 Å². The SMILES string of the molecule is O=S(=O)(c1ccccc1)c1cccc(-c2ccc3c(c2)C2(c4ccccc4-c4ccccc42)c2ccccc2-3)n1. The largest absolute Gasteiger partial charge is 0.236 e. The van der Waals surface area contributed by atoms with E-state index < -0.39 is 15.3 Å². The fourth-order valence-corrected chi connectivity index (χ4v) is 7.93. The van der Waals surface area contributed by atoms with E-state index in [1.807, 2.05) is 6.07 Å². The molecule has 0 amide bonds. The van der Waals surface area contributed by atoms with Crippen molar-refractivity contribution >= 4 is 9.84 Å². The van der Waals surface area contributed by atoms with Crippen molar-refractivity contribution in [3.8, 4) is 33.5 Å². The highest BCUT2D eigenvalue weighted by Gasteiger charge is 2.51. The zero-order chi connectivity index (χ0) is 26.9. The Morgan fingerprint density at radius 1 is 0.475 bits per heavy atom. The van der Waals surface area contributed by atoms with Crippen LogP contribution in [0.1, 0.15) is 22.3 Å². The van der Waals surface area contributed by atoms with Gasteiger partial charge in [-0.05, 0) is 74.8 Å². The molecule has 0 unspecified atom stereocenters. The summed E-state index contributed by atoms with van der Waals surface area (Å²) in [7, 11) is -3.74. The normalized spacial score (nSPS) is 13.9. The molecule has 4 heteroatoms. The maximum Gasteiger partial charge on any atom is 0.223 e. The molecule has 1 spiro atoms. The molecular formula is C36H23NO2S. The van der Waals surface area contributed by atoms with E-state index in [1.54, 1.807) is 42.5 Å². The van der Waals surface area contributed by atoms with Crippen molar-refractivity contribution in [2.75, 3.05) is 0 Å². The molecule has 0 saturated heterocycles. The van der Waals surface area contributed by atoms with Crippen LogP contribution >= 0.6 is 0 Å². The maximum absolute atomic E-state index is 13.4. The third-order valence-electron chi connectivity index (χ3n) is 8.35. The van der Waals surface area contributed by atoms with Crippen molar-refractivity contribution in [3.05, 3.63) is 162 Å². The lowest BCUT2D eigenvalue weighted by Gasteiger charge is -2.30. The van der Waals surface area contributed by atoms with Gasteiger partial charge >= 0.3 is 0 Å². The van der Waals surface area contributed by atoms with E-state index in [2.05, 4.69) is 96.0 Å². The van der Waals surface area contributed by atoms with Gasteiger partial charge in [-0.15, -0.1) is 0 Å². The van der Waals surface area contributed by atoms with Crippen LogP contribution < -0.4 is 0 Å². The molecule has 0 atom stereocenters. The summed E-state index contributed by atoms with van der Waals surface area (Å²) in [6, 6.07) is 46.2.